The molecule has 45 heavy (non-hydrogen) atoms. The van der Waals surface area contributed by atoms with E-state index in [0.717, 1.165) is 11.1 Å². The number of fused-ring (bicyclic) bond motifs is 2. The number of benzene rings is 2. The molecule has 3 amide bonds. The van der Waals surface area contributed by atoms with E-state index < -0.39 is 35.1 Å². The van der Waals surface area contributed by atoms with Gasteiger partial charge in [-0.25, -0.2) is 0 Å². The Balaban J connectivity index is 1.51. The molecule has 0 aliphatic carbocycles. The van der Waals surface area contributed by atoms with Crippen LogP contribution in [0.15, 0.2) is 72.8 Å². The van der Waals surface area contributed by atoms with Gasteiger partial charge in [0, 0.05) is 19.6 Å². The van der Waals surface area contributed by atoms with Gasteiger partial charge in [-0.2, -0.15) is 0 Å². The molecule has 2 saturated heterocycles. The number of carbonyl (C=O) groups excluding carboxylic acids is 3. The highest BCUT2D eigenvalue weighted by Crippen LogP contribution is 2.59. The molecule has 4 aliphatic heterocycles. The van der Waals surface area contributed by atoms with Gasteiger partial charge in [-0.3, -0.25) is 14.4 Å². The number of para-hydroxylation sites is 1. The lowest BCUT2D eigenvalue weighted by molar-refractivity contribution is -0.154. The lowest BCUT2D eigenvalue weighted by Gasteiger charge is -2.42. The van der Waals surface area contributed by atoms with Gasteiger partial charge in [0.2, 0.25) is 11.8 Å². The lowest BCUT2D eigenvalue weighted by Crippen LogP contribution is -2.60. The number of likely N-dealkylation sites (tertiary alicyclic amines) is 1. The van der Waals surface area contributed by atoms with Gasteiger partial charge < -0.3 is 24.5 Å². The molecule has 6 rings (SSSR count). The summed E-state index contributed by atoms with van der Waals surface area (Å²) in [6.07, 6.45) is 8.75. The van der Waals surface area contributed by atoms with E-state index in [1.165, 1.54) is 0 Å². The Bertz CT molecular complexity index is 1520. The third-order valence-corrected chi connectivity index (χ3v) is 10.8. The summed E-state index contributed by atoms with van der Waals surface area (Å²) in [4.78, 5) is 49.6. The summed E-state index contributed by atoms with van der Waals surface area (Å²) < 4.78 is 7.12. The molecule has 2 aromatic carbocycles. The zero-order valence-electron chi connectivity index (χ0n) is 26.4. The first-order chi connectivity index (χ1) is 21.6. The average Bonchev–Trinajstić information content (AvgIpc) is 3.33. The summed E-state index contributed by atoms with van der Waals surface area (Å²) in [5, 5.41) is 11.2. The quantitative estimate of drug-likeness (QED) is 0.418. The van der Waals surface area contributed by atoms with Crippen LogP contribution in [-0.2, 0) is 25.7 Å². The van der Waals surface area contributed by atoms with Gasteiger partial charge in [-0.1, -0.05) is 106 Å². The van der Waals surface area contributed by atoms with Crippen molar-refractivity contribution >= 4 is 35.0 Å². The van der Waals surface area contributed by atoms with Crippen molar-refractivity contribution in [2.45, 2.75) is 70.4 Å². The topological polar surface area (TPSA) is 90.4 Å². The van der Waals surface area contributed by atoms with Crippen LogP contribution in [-0.4, -0.2) is 75.6 Å². The Kier molecular flexibility index (Phi) is 8.44. The van der Waals surface area contributed by atoms with Crippen molar-refractivity contribution in [3.63, 3.8) is 0 Å². The molecule has 238 valence electrons. The molecule has 1 spiro atoms. The van der Waals surface area contributed by atoms with Crippen LogP contribution in [0.4, 0.5) is 5.69 Å². The number of anilines is 1. The molecule has 0 saturated carbocycles. The fourth-order valence-corrected chi connectivity index (χ4v) is 8.36. The van der Waals surface area contributed by atoms with Crippen LogP contribution in [0.5, 0.6) is 0 Å². The number of hydrogen-bond donors (Lipinski definition) is 1. The van der Waals surface area contributed by atoms with E-state index >= 15 is 0 Å². The number of rotatable bonds is 8. The number of ether oxygens (including phenoxy) is 1. The Hall–Kier alpha value is -3.46. The first-order valence-corrected chi connectivity index (χ1v) is 16.4. The molecule has 9 heteroatoms. The summed E-state index contributed by atoms with van der Waals surface area (Å²) in [5.41, 5.74) is -0.117. The first-order valence-electron chi connectivity index (χ1n) is 16.0. The zero-order chi connectivity index (χ0) is 32.1. The fraction of sp³-hybridized carbons (Fsp3) is 0.472. The SMILES string of the molecule is CC[C@H](C)[C@H](CO)N1C(=O)[C@@H]2[C@H]3C(=O)N(Cc4ccccc4)CC=C[C@@]3(CC)O[C@@]23C=CCN(c2c(C)cccc2Cl)C(=O)C13. The third-order valence-electron chi connectivity index (χ3n) is 10.5. The Morgan fingerprint density at radius 1 is 0.956 bits per heavy atom. The maximum absolute atomic E-state index is 15.0. The minimum atomic E-state index is -1.42. The third kappa shape index (κ3) is 4.84. The molecule has 0 radical (unpaired) electrons. The van der Waals surface area contributed by atoms with E-state index in [1.54, 1.807) is 20.8 Å². The van der Waals surface area contributed by atoms with Crippen LogP contribution in [0, 0.1) is 24.7 Å². The highest BCUT2D eigenvalue weighted by atomic mass is 35.5. The predicted molar refractivity (Wildman–Crippen MR) is 173 cm³/mol. The van der Waals surface area contributed by atoms with Crippen LogP contribution in [0.3, 0.4) is 0 Å². The second-order valence-electron chi connectivity index (χ2n) is 12.9. The second kappa shape index (κ2) is 12.0. The van der Waals surface area contributed by atoms with Gasteiger partial charge in [0.15, 0.2) is 0 Å². The van der Waals surface area contributed by atoms with Crippen molar-refractivity contribution in [1.29, 1.82) is 0 Å². The van der Waals surface area contributed by atoms with Gasteiger partial charge in [0.25, 0.3) is 5.91 Å². The largest absolute Gasteiger partial charge is 0.394 e. The van der Waals surface area contributed by atoms with E-state index in [4.69, 9.17) is 16.3 Å². The summed E-state index contributed by atoms with van der Waals surface area (Å²) in [6.45, 7) is 8.51. The van der Waals surface area contributed by atoms with Crippen LogP contribution in [0.2, 0.25) is 5.02 Å². The first kappa shape index (κ1) is 31.5. The fourth-order valence-electron chi connectivity index (χ4n) is 8.03. The molecular formula is C36H42ClN3O5. The maximum Gasteiger partial charge on any atom is 0.253 e. The van der Waals surface area contributed by atoms with Gasteiger partial charge in [-0.15, -0.1) is 0 Å². The average molecular weight is 632 g/mol. The number of hydrogen-bond acceptors (Lipinski definition) is 5. The second-order valence-corrected chi connectivity index (χ2v) is 13.3. The van der Waals surface area contributed by atoms with Gasteiger partial charge in [0.05, 0.1) is 40.8 Å². The van der Waals surface area contributed by atoms with Crippen molar-refractivity contribution in [2.75, 3.05) is 24.6 Å². The number of aliphatic hydroxyl groups is 1. The molecule has 1 unspecified atom stereocenters. The number of halogens is 1. The van der Waals surface area contributed by atoms with Crippen LogP contribution in [0.25, 0.3) is 0 Å². The normalized spacial score (nSPS) is 30.6. The Labute approximate surface area is 270 Å². The van der Waals surface area contributed by atoms with Crippen molar-refractivity contribution in [3.8, 4) is 0 Å². The van der Waals surface area contributed by atoms with E-state index in [2.05, 4.69) is 0 Å². The monoisotopic (exact) mass is 631 g/mol. The number of amides is 3. The summed E-state index contributed by atoms with van der Waals surface area (Å²) >= 11 is 6.70. The van der Waals surface area contributed by atoms with E-state index in [9.17, 15) is 19.5 Å². The van der Waals surface area contributed by atoms with Crippen molar-refractivity contribution in [2.24, 2.45) is 17.8 Å². The van der Waals surface area contributed by atoms with Crippen molar-refractivity contribution < 1.29 is 24.2 Å². The number of aliphatic hydroxyl groups excluding tert-OH is 1. The van der Waals surface area contributed by atoms with Crippen molar-refractivity contribution in [3.05, 3.63) is 89.0 Å². The predicted octanol–water partition coefficient (Wildman–Crippen LogP) is 4.92. The zero-order valence-corrected chi connectivity index (χ0v) is 27.1. The molecule has 0 aromatic heterocycles. The smallest absolute Gasteiger partial charge is 0.253 e. The Morgan fingerprint density at radius 3 is 2.36 bits per heavy atom. The van der Waals surface area contributed by atoms with Crippen LogP contribution >= 0.6 is 11.6 Å². The summed E-state index contributed by atoms with van der Waals surface area (Å²) in [5.74, 6) is -2.77. The van der Waals surface area contributed by atoms with Crippen molar-refractivity contribution in [1.82, 2.24) is 9.80 Å². The molecule has 0 bridgehead atoms. The maximum atomic E-state index is 15.0. The van der Waals surface area contributed by atoms with Gasteiger partial charge >= 0.3 is 0 Å². The molecule has 1 N–H and O–H groups in total. The molecular weight excluding hydrogens is 590 g/mol. The van der Waals surface area contributed by atoms with Gasteiger partial charge in [-0.05, 0) is 36.5 Å². The summed E-state index contributed by atoms with van der Waals surface area (Å²) in [7, 11) is 0. The van der Waals surface area contributed by atoms with Crippen LogP contribution in [0.1, 0.15) is 44.7 Å². The van der Waals surface area contributed by atoms with Gasteiger partial charge in [0.1, 0.15) is 11.6 Å². The van der Waals surface area contributed by atoms with E-state index in [1.807, 2.05) is 94.5 Å². The molecule has 4 heterocycles. The summed E-state index contributed by atoms with van der Waals surface area (Å²) in [6, 6.07) is 13.5. The number of carbonyl (C=O) groups is 3. The highest BCUT2D eigenvalue weighted by molar-refractivity contribution is 6.34. The molecule has 2 fully saturated rings. The molecule has 4 aliphatic rings. The molecule has 2 aromatic rings. The lowest BCUT2D eigenvalue weighted by atomic mass is 9.73. The van der Waals surface area contributed by atoms with E-state index in [0.29, 0.717) is 36.6 Å². The minimum Gasteiger partial charge on any atom is -0.394 e. The van der Waals surface area contributed by atoms with E-state index in [-0.39, 0.29) is 36.8 Å². The van der Waals surface area contributed by atoms with Crippen LogP contribution < -0.4 is 4.90 Å². The standard InChI is InChI=1S/C36H42ClN3O5/c1-5-23(3)27(22-41)40-31-34(44)39(30-24(4)13-10-16-26(30)37)20-12-18-36(31)29(33(40)43)28-32(42)38(21-25-14-8-7-9-15-25)19-11-17-35(28,6-2)45-36/h7-18,23,27-29,31,41H,5-6,19-22H2,1-4H3/t23-,27-,28-,29-,31?,35+,36-/m0/s1. The molecule has 8 nitrogen and oxygen atoms in total. The highest BCUT2D eigenvalue weighted by Gasteiger charge is 2.76. The Morgan fingerprint density at radius 2 is 1.69 bits per heavy atom. The minimum absolute atomic E-state index is 0.111. The number of aryl methyl sites for hydroxylation is 1. The molecule has 7 atom stereocenters. The number of nitrogens with zero attached hydrogens (tertiary/aromatic N) is 3.